The Labute approximate surface area is 164 Å². The average Bonchev–Trinajstić information content (AvgIpc) is 2.77. The Morgan fingerprint density at radius 1 is 0.607 bits per heavy atom. The normalized spacial score (nSPS) is 11.5. The zero-order valence-electron chi connectivity index (χ0n) is 15.5. The summed E-state index contributed by atoms with van der Waals surface area (Å²) in [4.78, 5) is 0. The molecule has 0 bridgehead atoms. The third-order valence-electron chi connectivity index (χ3n) is 4.22. The molecule has 1 aliphatic rings. The monoisotopic (exact) mass is 366 g/mol. The van der Waals surface area contributed by atoms with E-state index in [1.807, 2.05) is 66.7 Å². The Balaban J connectivity index is 1.45. The van der Waals surface area contributed by atoms with E-state index in [2.05, 4.69) is 23.7 Å². The van der Waals surface area contributed by atoms with Gasteiger partial charge in [-0.1, -0.05) is 23.7 Å². The van der Waals surface area contributed by atoms with Crippen LogP contribution in [0.3, 0.4) is 0 Å². The van der Waals surface area contributed by atoms with E-state index in [-0.39, 0.29) is 0 Å². The molecule has 28 heavy (non-hydrogen) atoms. The first-order valence-electron chi connectivity index (χ1n) is 8.98. The van der Waals surface area contributed by atoms with E-state index in [1.54, 1.807) is 7.11 Å². The third kappa shape index (κ3) is 4.29. The number of benzene rings is 3. The highest BCUT2D eigenvalue weighted by molar-refractivity contribution is 5.52. The molecule has 0 saturated heterocycles. The number of hydrogen-bond donors (Lipinski definition) is 0. The predicted octanol–water partition coefficient (Wildman–Crippen LogP) is 4.27. The minimum absolute atomic E-state index is 0.572. The van der Waals surface area contributed by atoms with Crippen LogP contribution in [0.5, 0.6) is 17.2 Å². The van der Waals surface area contributed by atoms with Crippen LogP contribution in [0.25, 0.3) is 0 Å². The Bertz CT molecular complexity index is 1090. The molecule has 0 radical (unpaired) electrons. The van der Waals surface area contributed by atoms with Crippen LogP contribution in [0.15, 0.2) is 66.7 Å². The second kappa shape index (κ2) is 8.25. The average molecular weight is 366 g/mol. The molecule has 1 aliphatic heterocycles. The molecule has 0 atom stereocenters. The van der Waals surface area contributed by atoms with Gasteiger partial charge in [-0.2, -0.15) is 0 Å². The molecule has 0 aromatic heterocycles. The lowest BCUT2D eigenvalue weighted by Gasteiger charge is -2.17. The molecule has 0 saturated carbocycles. The van der Waals surface area contributed by atoms with Gasteiger partial charge in [-0.25, -0.2) is 0 Å². The topological polar surface area (TPSA) is 27.7 Å². The molecular formula is C25H18O3. The van der Waals surface area contributed by atoms with Gasteiger partial charge in [-0.05, 0) is 66.7 Å². The highest BCUT2D eigenvalue weighted by atomic mass is 16.6. The molecule has 0 aliphatic carbocycles. The summed E-state index contributed by atoms with van der Waals surface area (Å²) in [5.74, 6) is 15.0. The van der Waals surface area contributed by atoms with Crippen molar-refractivity contribution in [2.24, 2.45) is 0 Å². The van der Waals surface area contributed by atoms with Gasteiger partial charge in [0.15, 0.2) is 11.5 Å². The van der Waals surface area contributed by atoms with Gasteiger partial charge in [0.05, 0.1) is 7.11 Å². The maximum Gasteiger partial charge on any atom is 0.162 e. The van der Waals surface area contributed by atoms with Gasteiger partial charge >= 0.3 is 0 Å². The fourth-order valence-electron chi connectivity index (χ4n) is 2.72. The third-order valence-corrected chi connectivity index (χ3v) is 4.22. The lowest BCUT2D eigenvalue weighted by molar-refractivity contribution is 0.171. The second-order valence-electron chi connectivity index (χ2n) is 6.16. The number of ether oxygens (including phenoxy) is 3. The quantitative estimate of drug-likeness (QED) is 0.602. The highest BCUT2D eigenvalue weighted by Crippen LogP contribution is 2.30. The van der Waals surface area contributed by atoms with Crippen molar-refractivity contribution in [1.29, 1.82) is 0 Å². The summed E-state index contributed by atoms with van der Waals surface area (Å²) >= 11 is 0. The number of fused-ring (bicyclic) bond motifs is 1. The molecule has 0 amide bonds. The van der Waals surface area contributed by atoms with Crippen LogP contribution in [0.1, 0.15) is 22.3 Å². The van der Waals surface area contributed by atoms with Crippen molar-refractivity contribution in [3.8, 4) is 40.9 Å². The lowest BCUT2D eigenvalue weighted by Crippen LogP contribution is -2.15. The van der Waals surface area contributed by atoms with E-state index in [4.69, 9.17) is 14.2 Å². The first-order valence-corrected chi connectivity index (χ1v) is 8.98. The summed E-state index contributed by atoms with van der Waals surface area (Å²) in [6.07, 6.45) is 0. The van der Waals surface area contributed by atoms with E-state index in [0.717, 1.165) is 39.5 Å². The van der Waals surface area contributed by atoms with Crippen molar-refractivity contribution < 1.29 is 14.2 Å². The number of rotatable bonds is 1. The number of methoxy groups -OCH3 is 1. The van der Waals surface area contributed by atoms with E-state index >= 15 is 0 Å². The SMILES string of the molecule is COc1ccc(C#Cc2ccc(C#Cc3ccc4c(c3)OCCO4)cc2)cc1. The van der Waals surface area contributed by atoms with Crippen LogP contribution in [-0.4, -0.2) is 20.3 Å². The maximum absolute atomic E-state index is 5.59. The predicted molar refractivity (Wildman–Crippen MR) is 109 cm³/mol. The first-order chi connectivity index (χ1) is 13.8. The van der Waals surface area contributed by atoms with E-state index < -0.39 is 0 Å². The fraction of sp³-hybridized carbons (Fsp3) is 0.120. The largest absolute Gasteiger partial charge is 0.497 e. The van der Waals surface area contributed by atoms with Gasteiger partial charge in [-0.15, -0.1) is 0 Å². The van der Waals surface area contributed by atoms with E-state index in [1.165, 1.54) is 0 Å². The minimum Gasteiger partial charge on any atom is -0.497 e. The van der Waals surface area contributed by atoms with Gasteiger partial charge in [0, 0.05) is 22.3 Å². The Morgan fingerprint density at radius 2 is 1.07 bits per heavy atom. The van der Waals surface area contributed by atoms with Crippen LogP contribution < -0.4 is 14.2 Å². The molecule has 1 heterocycles. The van der Waals surface area contributed by atoms with Gasteiger partial charge in [0.2, 0.25) is 0 Å². The van der Waals surface area contributed by atoms with Gasteiger partial charge in [-0.3, -0.25) is 0 Å². The Morgan fingerprint density at radius 3 is 1.64 bits per heavy atom. The van der Waals surface area contributed by atoms with Crippen molar-refractivity contribution in [3.63, 3.8) is 0 Å². The van der Waals surface area contributed by atoms with Crippen LogP contribution in [0.4, 0.5) is 0 Å². The van der Waals surface area contributed by atoms with Crippen molar-refractivity contribution in [2.75, 3.05) is 20.3 Å². The van der Waals surface area contributed by atoms with E-state index in [9.17, 15) is 0 Å². The summed E-state index contributed by atoms with van der Waals surface area (Å²) in [6.45, 7) is 1.16. The first kappa shape index (κ1) is 17.6. The highest BCUT2D eigenvalue weighted by Gasteiger charge is 2.10. The summed E-state index contributed by atoms with van der Waals surface area (Å²) in [7, 11) is 1.65. The minimum atomic E-state index is 0.572. The van der Waals surface area contributed by atoms with Crippen molar-refractivity contribution in [3.05, 3.63) is 89.0 Å². The molecule has 3 heteroatoms. The smallest absolute Gasteiger partial charge is 0.162 e. The molecule has 3 aromatic carbocycles. The Hall–Kier alpha value is -3.82. The van der Waals surface area contributed by atoms with Crippen LogP contribution in [0, 0.1) is 23.7 Å². The summed E-state index contributed by atoms with van der Waals surface area (Å²) in [5, 5.41) is 0. The second-order valence-corrected chi connectivity index (χ2v) is 6.16. The molecule has 4 rings (SSSR count). The van der Waals surface area contributed by atoms with E-state index in [0.29, 0.717) is 13.2 Å². The van der Waals surface area contributed by atoms with Crippen LogP contribution >= 0.6 is 0 Å². The zero-order chi connectivity index (χ0) is 19.2. The Kier molecular flexibility index (Phi) is 5.18. The molecule has 0 N–H and O–H groups in total. The van der Waals surface area contributed by atoms with Gasteiger partial charge < -0.3 is 14.2 Å². The molecule has 3 aromatic rings. The van der Waals surface area contributed by atoms with Crippen LogP contribution in [-0.2, 0) is 0 Å². The molecule has 0 unspecified atom stereocenters. The molecular weight excluding hydrogens is 348 g/mol. The fourth-order valence-corrected chi connectivity index (χ4v) is 2.72. The van der Waals surface area contributed by atoms with Crippen molar-refractivity contribution >= 4 is 0 Å². The van der Waals surface area contributed by atoms with Crippen LogP contribution in [0.2, 0.25) is 0 Å². The molecule has 136 valence electrons. The standard InChI is InChI=1S/C25H18O3/c1-26-23-13-10-21(11-14-23)7-6-19-2-4-20(5-3-19)8-9-22-12-15-24-25(18-22)28-17-16-27-24/h2-5,10-15,18H,16-17H2,1H3. The zero-order valence-corrected chi connectivity index (χ0v) is 15.5. The summed E-state index contributed by atoms with van der Waals surface area (Å²) < 4.78 is 16.3. The summed E-state index contributed by atoms with van der Waals surface area (Å²) in [5.41, 5.74) is 3.72. The maximum atomic E-state index is 5.59. The van der Waals surface area contributed by atoms with Gasteiger partial charge in [0.1, 0.15) is 19.0 Å². The lowest BCUT2D eigenvalue weighted by atomic mass is 10.1. The number of hydrogen-bond acceptors (Lipinski definition) is 3. The summed E-state index contributed by atoms with van der Waals surface area (Å²) in [6, 6.07) is 21.3. The van der Waals surface area contributed by atoms with Crippen molar-refractivity contribution in [2.45, 2.75) is 0 Å². The molecule has 0 spiro atoms. The van der Waals surface area contributed by atoms with Crippen molar-refractivity contribution in [1.82, 2.24) is 0 Å². The van der Waals surface area contributed by atoms with Gasteiger partial charge in [0.25, 0.3) is 0 Å². The molecule has 0 fully saturated rings. The molecule has 3 nitrogen and oxygen atoms in total.